The van der Waals surface area contributed by atoms with Gasteiger partial charge in [-0.15, -0.1) is 0 Å². The molecule has 2 aromatic carbocycles. The molecule has 2 aromatic rings. The number of ether oxygens (including phenoxy) is 1. The summed E-state index contributed by atoms with van der Waals surface area (Å²) in [6, 6.07) is 6.77. The molecule has 10 heteroatoms. The number of anilines is 1. The Balaban J connectivity index is 2.13. The van der Waals surface area contributed by atoms with E-state index in [1.807, 2.05) is 0 Å². The van der Waals surface area contributed by atoms with Gasteiger partial charge in [-0.05, 0) is 38.0 Å². The maximum absolute atomic E-state index is 12.2. The molecule has 0 aliphatic rings. The lowest BCUT2D eigenvalue weighted by atomic mass is 10.1. The van der Waals surface area contributed by atoms with Crippen LogP contribution in [-0.4, -0.2) is 28.3 Å². The minimum atomic E-state index is -0.910. The molecule has 0 atom stereocenters. The molecule has 0 heterocycles. The van der Waals surface area contributed by atoms with Gasteiger partial charge in [0.2, 0.25) is 0 Å². The van der Waals surface area contributed by atoms with Crippen LogP contribution in [0.1, 0.15) is 27.0 Å². The van der Waals surface area contributed by atoms with Crippen molar-refractivity contribution in [1.82, 2.24) is 0 Å². The van der Waals surface area contributed by atoms with Crippen LogP contribution in [0.2, 0.25) is 0 Å². The van der Waals surface area contributed by atoms with Crippen molar-refractivity contribution in [1.29, 1.82) is 0 Å². The summed E-state index contributed by atoms with van der Waals surface area (Å²) in [5, 5.41) is 24.5. The van der Waals surface area contributed by atoms with E-state index in [2.05, 4.69) is 5.32 Å². The zero-order valence-corrected chi connectivity index (χ0v) is 15.3. The van der Waals surface area contributed by atoms with E-state index in [-0.39, 0.29) is 28.2 Å². The second-order valence-electron chi connectivity index (χ2n) is 5.99. The number of hydrogen-bond acceptors (Lipinski definition) is 7. The van der Waals surface area contributed by atoms with Gasteiger partial charge in [0.05, 0.1) is 15.4 Å². The number of esters is 1. The van der Waals surface area contributed by atoms with Gasteiger partial charge in [-0.1, -0.05) is 12.1 Å². The molecule has 0 aromatic heterocycles. The maximum Gasteiger partial charge on any atom is 0.339 e. The summed E-state index contributed by atoms with van der Waals surface area (Å²) in [4.78, 5) is 45.1. The van der Waals surface area contributed by atoms with Gasteiger partial charge < -0.3 is 10.1 Å². The number of aryl methyl sites for hydroxylation is 1. The Morgan fingerprint density at radius 3 is 2.21 bits per heavy atom. The quantitative estimate of drug-likeness (QED) is 0.455. The molecular weight excluding hydrogens is 370 g/mol. The molecule has 1 amide bonds. The van der Waals surface area contributed by atoms with Gasteiger partial charge in [0.15, 0.2) is 6.61 Å². The van der Waals surface area contributed by atoms with Gasteiger partial charge in [0.1, 0.15) is 5.69 Å². The first kappa shape index (κ1) is 20.5. The van der Waals surface area contributed by atoms with E-state index in [0.717, 1.165) is 5.56 Å². The van der Waals surface area contributed by atoms with E-state index in [9.17, 15) is 29.8 Å². The number of nitro benzene ring substituents is 2. The molecule has 0 saturated carbocycles. The van der Waals surface area contributed by atoms with E-state index in [1.165, 1.54) is 31.2 Å². The van der Waals surface area contributed by atoms with Crippen LogP contribution in [0.25, 0.3) is 0 Å². The summed E-state index contributed by atoms with van der Waals surface area (Å²) in [7, 11) is 0. The summed E-state index contributed by atoms with van der Waals surface area (Å²) in [5.74, 6) is -1.68. The number of nitrogens with one attached hydrogen (secondary N) is 1. The smallest absolute Gasteiger partial charge is 0.339 e. The Morgan fingerprint density at radius 1 is 0.964 bits per heavy atom. The van der Waals surface area contributed by atoms with Crippen LogP contribution in [-0.2, 0) is 9.53 Å². The molecule has 0 bridgehead atoms. The second-order valence-corrected chi connectivity index (χ2v) is 5.99. The standard InChI is InChI=1S/C18H17N3O7/c1-10-7-8-15(21(26)27)17(11(10)2)19-16(22)9-28-18(23)13-5-4-6-14(12(13)3)20(24)25/h4-8H,9H2,1-3H3,(H,19,22). The number of amides is 1. The number of carbonyl (C=O) groups is 2. The molecular formula is C18H17N3O7. The van der Waals surface area contributed by atoms with Crippen LogP contribution < -0.4 is 5.32 Å². The highest BCUT2D eigenvalue weighted by Gasteiger charge is 2.22. The van der Waals surface area contributed by atoms with Gasteiger partial charge in [-0.2, -0.15) is 0 Å². The van der Waals surface area contributed by atoms with Gasteiger partial charge in [-0.3, -0.25) is 25.0 Å². The molecule has 0 aliphatic carbocycles. The molecule has 10 nitrogen and oxygen atoms in total. The van der Waals surface area contributed by atoms with Crippen molar-refractivity contribution < 1.29 is 24.2 Å². The lowest BCUT2D eigenvalue weighted by molar-refractivity contribution is -0.385. The summed E-state index contributed by atoms with van der Waals surface area (Å²) in [6.07, 6.45) is 0. The lowest BCUT2D eigenvalue weighted by Gasteiger charge is -2.11. The Labute approximate surface area is 159 Å². The summed E-state index contributed by atoms with van der Waals surface area (Å²) >= 11 is 0. The predicted octanol–water partition coefficient (Wildman–Crippen LogP) is 3.22. The van der Waals surface area contributed by atoms with E-state index >= 15 is 0 Å². The van der Waals surface area contributed by atoms with E-state index in [0.29, 0.717) is 5.56 Å². The zero-order valence-electron chi connectivity index (χ0n) is 15.3. The summed E-state index contributed by atoms with van der Waals surface area (Å²) < 4.78 is 4.90. The van der Waals surface area contributed by atoms with E-state index < -0.39 is 28.3 Å². The fourth-order valence-electron chi connectivity index (χ4n) is 2.54. The van der Waals surface area contributed by atoms with Crippen LogP contribution in [0.3, 0.4) is 0 Å². The molecule has 0 radical (unpaired) electrons. The number of carbonyl (C=O) groups excluding carboxylic acids is 2. The Bertz CT molecular complexity index is 985. The monoisotopic (exact) mass is 387 g/mol. The van der Waals surface area contributed by atoms with Crippen molar-refractivity contribution in [2.75, 3.05) is 11.9 Å². The molecule has 146 valence electrons. The fourth-order valence-corrected chi connectivity index (χ4v) is 2.54. The topological polar surface area (TPSA) is 142 Å². The molecule has 0 spiro atoms. The normalized spacial score (nSPS) is 10.2. The van der Waals surface area contributed by atoms with Gasteiger partial charge in [0.25, 0.3) is 17.3 Å². The third kappa shape index (κ3) is 4.29. The maximum atomic E-state index is 12.2. The SMILES string of the molecule is Cc1ccc([N+](=O)[O-])c(NC(=O)COC(=O)c2cccc([N+](=O)[O-])c2C)c1C. The lowest BCUT2D eigenvalue weighted by Crippen LogP contribution is -2.22. The van der Waals surface area contributed by atoms with Crippen LogP contribution in [0, 0.1) is 41.0 Å². The molecule has 2 rings (SSSR count). The van der Waals surface area contributed by atoms with Crippen molar-refractivity contribution in [2.24, 2.45) is 0 Å². The Hall–Kier alpha value is -3.82. The average Bonchev–Trinajstić information content (AvgIpc) is 2.63. The van der Waals surface area contributed by atoms with Gasteiger partial charge >= 0.3 is 5.97 Å². The molecule has 0 fully saturated rings. The van der Waals surface area contributed by atoms with Crippen LogP contribution in [0.15, 0.2) is 30.3 Å². The van der Waals surface area contributed by atoms with Crippen LogP contribution >= 0.6 is 0 Å². The van der Waals surface area contributed by atoms with Crippen molar-refractivity contribution in [2.45, 2.75) is 20.8 Å². The van der Waals surface area contributed by atoms with Crippen molar-refractivity contribution >= 4 is 28.9 Å². The minimum Gasteiger partial charge on any atom is -0.452 e. The van der Waals surface area contributed by atoms with Crippen molar-refractivity contribution in [3.63, 3.8) is 0 Å². The molecule has 0 saturated heterocycles. The third-order valence-electron chi connectivity index (χ3n) is 4.23. The van der Waals surface area contributed by atoms with Crippen LogP contribution in [0.4, 0.5) is 17.1 Å². The highest BCUT2D eigenvalue weighted by Crippen LogP contribution is 2.30. The highest BCUT2D eigenvalue weighted by atomic mass is 16.6. The van der Waals surface area contributed by atoms with Crippen LogP contribution in [0.5, 0.6) is 0 Å². The van der Waals surface area contributed by atoms with E-state index in [1.54, 1.807) is 19.9 Å². The zero-order chi connectivity index (χ0) is 21.0. The Kier molecular flexibility index (Phi) is 6.04. The summed E-state index contributed by atoms with van der Waals surface area (Å²) in [6.45, 7) is 4.05. The number of rotatable bonds is 6. The largest absolute Gasteiger partial charge is 0.452 e. The van der Waals surface area contributed by atoms with Gasteiger partial charge in [-0.25, -0.2) is 4.79 Å². The second kappa shape index (κ2) is 8.25. The number of nitrogens with zero attached hydrogens (tertiary/aromatic N) is 2. The number of hydrogen-bond donors (Lipinski definition) is 1. The van der Waals surface area contributed by atoms with E-state index in [4.69, 9.17) is 4.74 Å². The first-order chi connectivity index (χ1) is 13.1. The first-order valence-electron chi connectivity index (χ1n) is 8.09. The number of nitro groups is 2. The van der Waals surface area contributed by atoms with Crippen molar-refractivity contribution in [3.05, 3.63) is 72.8 Å². The molecule has 28 heavy (non-hydrogen) atoms. The minimum absolute atomic E-state index is 0.0255. The molecule has 1 N–H and O–H groups in total. The third-order valence-corrected chi connectivity index (χ3v) is 4.23. The molecule has 0 aliphatic heterocycles. The fraction of sp³-hybridized carbons (Fsp3) is 0.222. The highest BCUT2D eigenvalue weighted by molar-refractivity contribution is 5.98. The predicted molar refractivity (Wildman–Crippen MR) is 99.3 cm³/mol. The Morgan fingerprint density at radius 2 is 1.61 bits per heavy atom. The average molecular weight is 387 g/mol. The van der Waals surface area contributed by atoms with Crippen molar-refractivity contribution in [3.8, 4) is 0 Å². The number of benzene rings is 2. The van der Waals surface area contributed by atoms with Gasteiger partial charge in [0, 0.05) is 17.7 Å². The molecule has 0 unspecified atom stereocenters. The summed E-state index contributed by atoms with van der Waals surface area (Å²) in [5.41, 5.74) is 0.830. The first-order valence-corrected chi connectivity index (χ1v) is 8.09.